The van der Waals surface area contributed by atoms with Crippen molar-refractivity contribution in [1.29, 1.82) is 0 Å². The fourth-order valence-corrected chi connectivity index (χ4v) is 5.52. The predicted molar refractivity (Wildman–Crippen MR) is 89.8 cm³/mol. The zero-order valence-electron chi connectivity index (χ0n) is 15.0. The molecular formula is C20H38. The van der Waals surface area contributed by atoms with Gasteiger partial charge in [-0.15, -0.1) is 0 Å². The highest BCUT2D eigenvalue weighted by Crippen LogP contribution is 2.63. The highest BCUT2D eigenvalue weighted by molar-refractivity contribution is 5.03. The molecule has 20 heavy (non-hydrogen) atoms. The zero-order chi connectivity index (χ0) is 15.0. The van der Waals surface area contributed by atoms with Crippen LogP contribution in [0.25, 0.3) is 0 Å². The molecule has 6 atom stereocenters. The average Bonchev–Trinajstić information content (AvgIpc) is 2.43. The van der Waals surface area contributed by atoms with Gasteiger partial charge < -0.3 is 0 Å². The van der Waals surface area contributed by atoms with Gasteiger partial charge in [-0.1, -0.05) is 67.2 Å². The van der Waals surface area contributed by atoms with Crippen molar-refractivity contribution in [2.45, 2.75) is 92.9 Å². The molecule has 2 fully saturated rings. The SMILES string of the molecule is CC[C@@H](C)CC[C@@]1(C)[C@@H]2CCC[C@H](C)[C@@]2(C)CC[C@@H]1C. The minimum atomic E-state index is 0.602. The number of hydrogen-bond acceptors (Lipinski definition) is 0. The van der Waals surface area contributed by atoms with Crippen molar-refractivity contribution in [3.05, 3.63) is 0 Å². The van der Waals surface area contributed by atoms with Crippen molar-refractivity contribution >= 4 is 0 Å². The summed E-state index contributed by atoms with van der Waals surface area (Å²) in [7, 11) is 0. The molecule has 0 aromatic heterocycles. The lowest BCUT2D eigenvalue weighted by atomic mass is 9.45. The van der Waals surface area contributed by atoms with Gasteiger partial charge in [0.1, 0.15) is 0 Å². The summed E-state index contributed by atoms with van der Waals surface area (Å²) in [5, 5.41) is 0. The molecule has 0 aromatic carbocycles. The standard InChI is InChI=1S/C20H38/c1-7-15(2)11-13-19(5)17(4)12-14-20(6)16(3)9-8-10-18(19)20/h15-18H,7-14H2,1-6H3/t15-,16+,17+,18+,19-,20-/m1/s1. The normalized spacial score (nSPS) is 46.8. The Morgan fingerprint density at radius 2 is 1.75 bits per heavy atom. The van der Waals surface area contributed by atoms with E-state index in [1.54, 1.807) is 0 Å². The lowest BCUT2D eigenvalue weighted by Gasteiger charge is -2.60. The number of rotatable bonds is 4. The van der Waals surface area contributed by atoms with Gasteiger partial charge in [-0.05, 0) is 60.2 Å². The largest absolute Gasteiger partial charge is 0.0651 e. The summed E-state index contributed by atoms with van der Waals surface area (Å²) in [6.07, 6.45) is 11.7. The summed E-state index contributed by atoms with van der Waals surface area (Å²) in [4.78, 5) is 0. The molecule has 0 nitrogen and oxygen atoms in total. The molecule has 0 saturated heterocycles. The summed E-state index contributed by atoms with van der Waals surface area (Å²) >= 11 is 0. The molecule has 2 saturated carbocycles. The van der Waals surface area contributed by atoms with E-state index in [1.807, 2.05) is 0 Å². The summed E-state index contributed by atoms with van der Waals surface area (Å²) in [6, 6.07) is 0. The molecule has 0 N–H and O–H groups in total. The summed E-state index contributed by atoms with van der Waals surface area (Å²) < 4.78 is 0. The highest BCUT2D eigenvalue weighted by Gasteiger charge is 2.54. The van der Waals surface area contributed by atoms with Crippen LogP contribution < -0.4 is 0 Å². The Morgan fingerprint density at radius 3 is 2.40 bits per heavy atom. The van der Waals surface area contributed by atoms with Gasteiger partial charge in [0.05, 0.1) is 0 Å². The first-order valence-corrected chi connectivity index (χ1v) is 9.34. The number of hydrogen-bond donors (Lipinski definition) is 0. The van der Waals surface area contributed by atoms with Gasteiger partial charge in [-0.3, -0.25) is 0 Å². The average molecular weight is 279 g/mol. The van der Waals surface area contributed by atoms with Crippen LogP contribution in [0.3, 0.4) is 0 Å². The van der Waals surface area contributed by atoms with E-state index in [2.05, 4.69) is 41.5 Å². The second-order valence-electron chi connectivity index (χ2n) is 8.89. The molecule has 2 rings (SSSR count). The topological polar surface area (TPSA) is 0 Å². The van der Waals surface area contributed by atoms with Crippen molar-refractivity contribution in [3.63, 3.8) is 0 Å². The highest BCUT2D eigenvalue weighted by atomic mass is 14.6. The maximum Gasteiger partial charge on any atom is -0.0266 e. The summed E-state index contributed by atoms with van der Waals surface area (Å²) in [5.41, 5.74) is 1.24. The van der Waals surface area contributed by atoms with E-state index >= 15 is 0 Å². The van der Waals surface area contributed by atoms with Crippen LogP contribution in [0.15, 0.2) is 0 Å². The van der Waals surface area contributed by atoms with Crippen LogP contribution in [0.5, 0.6) is 0 Å². The van der Waals surface area contributed by atoms with Gasteiger partial charge in [0, 0.05) is 0 Å². The lowest BCUT2D eigenvalue weighted by Crippen LogP contribution is -2.52. The Balaban J connectivity index is 2.19. The smallest absolute Gasteiger partial charge is 0.0266 e. The van der Waals surface area contributed by atoms with Gasteiger partial charge in [0.15, 0.2) is 0 Å². The van der Waals surface area contributed by atoms with E-state index in [0.29, 0.717) is 10.8 Å². The van der Waals surface area contributed by atoms with Crippen molar-refractivity contribution in [1.82, 2.24) is 0 Å². The third-order valence-corrected chi connectivity index (χ3v) is 7.96. The van der Waals surface area contributed by atoms with Crippen LogP contribution >= 0.6 is 0 Å². The molecule has 0 aromatic rings. The van der Waals surface area contributed by atoms with Crippen LogP contribution in [-0.4, -0.2) is 0 Å². The monoisotopic (exact) mass is 278 g/mol. The minimum absolute atomic E-state index is 0.602. The van der Waals surface area contributed by atoms with Crippen molar-refractivity contribution < 1.29 is 0 Å². The molecule has 0 aliphatic heterocycles. The first-order chi connectivity index (χ1) is 9.34. The molecule has 0 unspecified atom stereocenters. The summed E-state index contributed by atoms with van der Waals surface area (Å²) in [5.74, 6) is 3.76. The minimum Gasteiger partial charge on any atom is -0.0651 e. The van der Waals surface area contributed by atoms with Gasteiger partial charge in [-0.25, -0.2) is 0 Å². The first-order valence-electron chi connectivity index (χ1n) is 9.34. The Bertz CT molecular complexity index is 320. The maximum atomic E-state index is 2.65. The Labute approximate surface area is 128 Å². The molecular weight excluding hydrogens is 240 g/mol. The molecule has 0 heterocycles. The van der Waals surface area contributed by atoms with Crippen molar-refractivity contribution in [2.75, 3.05) is 0 Å². The van der Waals surface area contributed by atoms with E-state index in [1.165, 1.54) is 51.4 Å². The van der Waals surface area contributed by atoms with Crippen LogP contribution in [0, 0.1) is 34.5 Å². The van der Waals surface area contributed by atoms with Gasteiger partial charge in [0.2, 0.25) is 0 Å². The maximum absolute atomic E-state index is 2.65. The molecule has 0 bridgehead atoms. The third-order valence-electron chi connectivity index (χ3n) is 7.96. The molecule has 0 spiro atoms. The molecule has 118 valence electrons. The fraction of sp³-hybridized carbons (Fsp3) is 1.00. The van der Waals surface area contributed by atoms with Crippen molar-refractivity contribution in [2.24, 2.45) is 34.5 Å². The van der Waals surface area contributed by atoms with E-state index < -0.39 is 0 Å². The third kappa shape index (κ3) is 2.69. The van der Waals surface area contributed by atoms with Crippen LogP contribution in [0.1, 0.15) is 92.9 Å². The molecule has 2 aliphatic rings. The Morgan fingerprint density at radius 1 is 1.05 bits per heavy atom. The molecule has 0 radical (unpaired) electrons. The molecule has 0 amide bonds. The van der Waals surface area contributed by atoms with Crippen LogP contribution in [-0.2, 0) is 0 Å². The van der Waals surface area contributed by atoms with Gasteiger partial charge >= 0.3 is 0 Å². The zero-order valence-corrected chi connectivity index (χ0v) is 15.0. The Kier molecular flexibility index (Phi) is 4.92. The predicted octanol–water partition coefficient (Wildman–Crippen LogP) is 6.69. The van der Waals surface area contributed by atoms with E-state index in [-0.39, 0.29) is 0 Å². The van der Waals surface area contributed by atoms with Gasteiger partial charge in [0.25, 0.3) is 0 Å². The van der Waals surface area contributed by atoms with Gasteiger partial charge in [-0.2, -0.15) is 0 Å². The quantitative estimate of drug-likeness (QED) is 0.537. The van der Waals surface area contributed by atoms with E-state index in [0.717, 1.165) is 23.7 Å². The fourth-order valence-electron chi connectivity index (χ4n) is 5.52. The molecule has 0 heteroatoms. The second-order valence-corrected chi connectivity index (χ2v) is 8.89. The van der Waals surface area contributed by atoms with Crippen LogP contribution in [0.2, 0.25) is 0 Å². The second kappa shape index (κ2) is 6.01. The van der Waals surface area contributed by atoms with E-state index in [9.17, 15) is 0 Å². The van der Waals surface area contributed by atoms with Crippen LogP contribution in [0.4, 0.5) is 0 Å². The lowest BCUT2D eigenvalue weighted by molar-refractivity contribution is -0.110. The molecule has 2 aliphatic carbocycles. The number of fused-ring (bicyclic) bond motifs is 1. The Hall–Kier alpha value is 0. The first kappa shape index (κ1) is 16.4. The summed E-state index contributed by atoms with van der Waals surface area (Å²) in [6.45, 7) is 15.2. The van der Waals surface area contributed by atoms with E-state index in [4.69, 9.17) is 0 Å². The van der Waals surface area contributed by atoms with Crippen molar-refractivity contribution in [3.8, 4) is 0 Å².